The highest BCUT2D eigenvalue weighted by Gasteiger charge is 2.28. The molecule has 0 spiro atoms. The highest BCUT2D eigenvalue weighted by Crippen LogP contribution is 1.99. The zero-order valence-corrected chi connectivity index (χ0v) is 7.61. The summed E-state index contributed by atoms with van der Waals surface area (Å²) in [6, 6.07) is 0. The first-order chi connectivity index (χ1) is 5.90. The SMILES string of the molecule is CS(=O)(=O)NC1=NCCN1[N+](=O)[O-]. The molecule has 0 aromatic rings. The number of rotatable bonds is 2. The van der Waals surface area contributed by atoms with Gasteiger partial charge in [0.2, 0.25) is 10.0 Å². The zero-order valence-electron chi connectivity index (χ0n) is 6.80. The molecule has 0 aromatic carbocycles. The number of guanidine groups is 1. The maximum absolute atomic E-state index is 10.7. The molecule has 0 radical (unpaired) electrons. The van der Waals surface area contributed by atoms with Crippen molar-refractivity contribution in [1.82, 2.24) is 9.73 Å². The molecule has 0 saturated carbocycles. The van der Waals surface area contributed by atoms with Gasteiger partial charge in [-0.3, -0.25) is 0 Å². The van der Waals surface area contributed by atoms with E-state index in [1.54, 1.807) is 0 Å². The van der Waals surface area contributed by atoms with E-state index in [1.807, 2.05) is 4.72 Å². The van der Waals surface area contributed by atoms with Crippen LogP contribution in [0, 0.1) is 10.1 Å². The van der Waals surface area contributed by atoms with E-state index in [1.165, 1.54) is 0 Å². The highest BCUT2D eigenvalue weighted by atomic mass is 32.2. The Morgan fingerprint density at radius 3 is 2.77 bits per heavy atom. The molecule has 0 aromatic heterocycles. The molecule has 0 unspecified atom stereocenters. The zero-order chi connectivity index (χ0) is 10.1. The Labute approximate surface area is 74.4 Å². The number of sulfonamides is 1. The molecule has 1 heterocycles. The van der Waals surface area contributed by atoms with Crippen molar-refractivity contribution in [3.63, 3.8) is 0 Å². The van der Waals surface area contributed by atoms with E-state index in [9.17, 15) is 18.5 Å². The van der Waals surface area contributed by atoms with E-state index in [-0.39, 0.29) is 19.0 Å². The van der Waals surface area contributed by atoms with Crippen LogP contribution in [0.2, 0.25) is 0 Å². The number of aliphatic imine (C=N–C) groups is 1. The summed E-state index contributed by atoms with van der Waals surface area (Å²) in [5, 5.41) is 10.3. The van der Waals surface area contributed by atoms with E-state index < -0.39 is 15.1 Å². The van der Waals surface area contributed by atoms with Crippen molar-refractivity contribution < 1.29 is 13.5 Å². The summed E-state index contributed by atoms with van der Waals surface area (Å²) in [5.74, 6) is -0.229. The van der Waals surface area contributed by atoms with E-state index in [0.29, 0.717) is 5.01 Å². The fourth-order valence-electron chi connectivity index (χ4n) is 0.848. The Balaban J connectivity index is 2.75. The Bertz CT molecular complexity index is 347. The number of hydrazine groups is 1. The van der Waals surface area contributed by atoms with Crippen molar-refractivity contribution in [3.8, 4) is 0 Å². The van der Waals surface area contributed by atoms with Gasteiger partial charge in [0.15, 0.2) is 5.03 Å². The summed E-state index contributed by atoms with van der Waals surface area (Å²) >= 11 is 0. The molecule has 74 valence electrons. The van der Waals surface area contributed by atoms with Gasteiger partial charge in [0.05, 0.1) is 12.8 Å². The Morgan fingerprint density at radius 1 is 1.69 bits per heavy atom. The Hall–Kier alpha value is -1.38. The third-order valence-electron chi connectivity index (χ3n) is 1.29. The largest absolute Gasteiger partial charge is 0.271 e. The minimum absolute atomic E-state index is 0.0881. The number of nitrogens with zero attached hydrogens (tertiary/aromatic N) is 3. The minimum Gasteiger partial charge on any atom is -0.249 e. The van der Waals surface area contributed by atoms with Crippen molar-refractivity contribution >= 4 is 16.0 Å². The van der Waals surface area contributed by atoms with Gasteiger partial charge in [-0.15, -0.1) is 0 Å². The normalized spacial score (nSPS) is 17.0. The van der Waals surface area contributed by atoms with E-state index >= 15 is 0 Å². The number of hydrogen-bond donors (Lipinski definition) is 1. The number of nitrogens with one attached hydrogen (secondary N) is 1. The van der Waals surface area contributed by atoms with Crippen LogP contribution in [0.3, 0.4) is 0 Å². The van der Waals surface area contributed by atoms with Crippen molar-refractivity contribution in [2.75, 3.05) is 19.3 Å². The predicted octanol–water partition coefficient (Wildman–Crippen LogP) is -1.60. The maximum atomic E-state index is 10.7. The van der Waals surface area contributed by atoms with Crippen LogP contribution in [0.4, 0.5) is 0 Å². The fraction of sp³-hybridized carbons (Fsp3) is 0.750. The minimum atomic E-state index is -3.50. The fourth-order valence-corrected chi connectivity index (χ4v) is 1.35. The summed E-state index contributed by atoms with van der Waals surface area (Å²) in [7, 11) is -3.50. The summed E-state index contributed by atoms with van der Waals surface area (Å²) in [6.45, 7) is 0.309. The molecule has 0 bridgehead atoms. The van der Waals surface area contributed by atoms with Gasteiger partial charge in [-0.1, -0.05) is 5.01 Å². The van der Waals surface area contributed by atoms with Crippen molar-refractivity contribution in [3.05, 3.63) is 10.1 Å². The van der Waals surface area contributed by atoms with Gasteiger partial charge in [0, 0.05) is 0 Å². The molecule has 13 heavy (non-hydrogen) atoms. The van der Waals surface area contributed by atoms with Crippen LogP contribution in [0.15, 0.2) is 4.99 Å². The molecular weight excluding hydrogens is 200 g/mol. The Kier molecular flexibility index (Phi) is 2.36. The average Bonchev–Trinajstić information content (AvgIpc) is 2.31. The molecule has 0 aliphatic carbocycles. The first-order valence-electron chi connectivity index (χ1n) is 3.34. The van der Waals surface area contributed by atoms with Crippen LogP contribution in [0.1, 0.15) is 0 Å². The van der Waals surface area contributed by atoms with Crippen molar-refractivity contribution in [2.24, 2.45) is 4.99 Å². The van der Waals surface area contributed by atoms with Crippen LogP contribution < -0.4 is 4.72 Å². The third kappa shape index (κ3) is 2.54. The van der Waals surface area contributed by atoms with Gasteiger partial charge in [0.25, 0.3) is 5.96 Å². The van der Waals surface area contributed by atoms with Gasteiger partial charge >= 0.3 is 0 Å². The first-order valence-corrected chi connectivity index (χ1v) is 5.23. The Morgan fingerprint density at radius 2 is 2.31 bits per heavy atom. The lowest BCUT2D eigenvalue weighted by Crippen LogP contribution is -2.44. The molecule has 1 aliphatic rings. The lowest BCUT2D eigenvalue weighted by molar-refractivity contribution is -0.627. The standard InChI is InChI=1S/C4H8N4O4S/c1-13(11,12)6-4-5-2-3-7(4)8(9)10/h2-3H2,1H3,(H,5,6). The van der Waals surface area contributed by atoms with E-state index in [4.69, 9.17) is 0 Å². The molecule has 0 fully saturated rings. The second-order valence-corrected chi connectivity index (χ2v) is 4.19. The predicted molar refractivity (Wildman–Crippen MR) is 44.0 cm³/mol. The average molecular weight is 208 g/mol. The van der Waals surface area contributed by atoms with Gasteiger partial charge < -0.3 is 0 Å². The molecular formula is C4H8N4O4S. The van der Waals surface area contributed by atoms with Crippen LogP contribution in [-0.4, -0.2) is 43.8 Å². The molecule has 0 amide bonds. The van der Waals surface area contributed by atoms with Crippen molar-refractivity contribution in [1.29, 1.82) is 0 Å². The molecule has 9 heteroatoms. The van der Waals surface area contributed by atoms with Crippen LogP contribution in [0.5, 0.6) is 0 Å². The number of nitro groups is 1. The smallest absolute Gasteiger partial charge is 0.249 e. The van der Waals surface area contributed by atoms with Gasteiger partial charge in [-0.25, -0.2) is 28.2 Å². The summed E-state index contributed by atoms with van der Waals surface area (Å²) in [6.07, 6.45) is 0.909. The van der Waals surface area contributed by atoms with Gasteiger partial charge in [0.1, 0.15) is 6.54 Å². The molecule has 1 N–H and O–H groups in total. The molecule has 0 saturated heterocycles. The molecule has 8 nitrogen and oxygen atoms in total. The third-order valence-corrected chi connectivity index (χ3v) is 1.85. The first kappa shape index (κ1) is 9.71. The monoisotopic (exact) mass is 208 g/mol. The van der Waals surface area contributed by atoms with Crippen LogP contribution >= 0.6 is 0 Å². The highest BCUT2D eigenvalue weighted by molar-refractivity contribution is 7.89. The lowest BCUT2D eigenvalue weighted by atomic mass is 10.7. The van der Waals surface area contributed by atoms with Crippen LogP contribution in [0.25, 0.3) is 0 Å². The maximum Gasteiger partial charge on any atom is 0.271 e. The van der Waals surface area contributed by atoms with Crippen molar-refractivity contribution in [2.45, 2.75) is 0 Å². The quantitative estimate of drug-likeness (QED) is 0.434. The number of hydrogen-bond acceptors (Lipinski definition) is 5. The summed E-state index contributed by atoms with van der Waals surface area (Å²) in [5.41, 5.74) is 0. The summed E-state index contributed by atoms with van der Waals surface area (Å²) < 4.78 is 23.4. The topological polar surface area (TPSA) is 105 Å². The summed E-state index contributed by atoms with van der Waals surface area (Å²) in [4.78, 5) is 13.9. The molecule has 1 rings (SSSR count). The van der Waals surface area contributed by atoms with Gasteiger partial charge in [-0.05, 0) is 0 Å². The second-order valence-electron chi connectivity index (χ2n) is 2.44. The second kappa shape index (κ2) is 3.17. The molecule has 1 aliphatic heterocycles. The molecule has 0 atom stereocenters. The van der Waals surface area contributed by atoms with E-state index in [0.717, 1.165) is 6.26 Å². The lowest BCUT2D eigenvalue weighted by Gasteiger charge is -2.08. The van der Waals surface area contributed by atoms with Gasteiger partial charge in [-0.2, -0.15) is 0 Å². The van der Waals surface area contributed by atoms with Crippen LogP contribution in [-0.2, 0) is 10.0 Å². The van der Waals surface area contributed by atoms with E-state index in [2.05, 4.69) is 4.99 Å².